The van der Waals surface area contributed by atoms with Gasteiger partial charge in [0.25, 0.3) is 0 Å². The predicted octanol–water partition coefficient (Wildman–Crippen LogP) is 1.55. The molecule has 0 aliphatic heterocycles. The smallest absolute Gasteiger partial charge is 0.151 e. The summed E-state index contributed by atoms with van der Waals surface area (Å²) in [6.07, 6.45) is 1.84. The number of aryl methyl sites for hydroxylation is 1. The van der Waals surface area contributed by atoms with Gasteiger partial charge >= 0.3 is 0 Å². The molecular weight excluding hydrogens is 262 g/mol. The highest BCUT2D eigenvalue weighted by atomic mass is 32.2. The van der Waals surface area contributed by atoms with E-state index in [1.807, 2.05) is 10.9 Å². The second kappa shape index (κ2) is 7.05. The summed E-state index contributed by atoms with van der Waals surface area (Å²) >= 11 is 0. The van der Waals surface area contributed by atoms with Gasteiger partial charge in [0.2, 0.25) is 0 Å². The Kier molecular flexibility index (Phi) is 6.00. The summed E-state index contributed by atoms with van der Waals surface area (Å²) in [5.74, 6) is 0.682. The van der Waals surface area contributed by atoms with Crippen LogP contribution >= 0.6 is 0 Å². The lowest BCUT2D eigenvalue weighted by Crippen LogP contribution is -2.18. The Hall–Kier alpha value is -0.880. The fourth-order valence-corrected chi connectivity index (χ4v) is 2.79. The Balaban J connectivity index is 2.86. The van der Waals surface area contributed by atoms with Gasteiger partial charge < -0.3 is 5.32 Å². The molecule has 0 aliphatic carbocycles. The number of hydrogen-bond donors (Lipinski definition) is 1. The van der Waals surface area contributed by atoms with E-state index < -0.39 is 9.84 Å². The van der Waals surface area contributed by atoms with E-state index in [1.54, 1.807) is 6.92 Å². The second-order valence-electron chi connectivity index (χ2n) is 4.95. The summed E-state index contributed by atoms with van der Waals surface area (Å²) in [6, 6.07) is 0. The lowest BCUT2D eigenvalue weighted by Gasteiger charge is -2.13. The molecule has 0 saturated carbocycles. The lowest BCUT2D eigenvalue weighted by atomic mass is 10.1. The molecule has 5 nitrogen and oxygen atoms in total. The van der Waals surface area contributed by atoms with Crippen LogP contribution < -0.4 is 5.32 Å². The molecule has 0 fully saturated rings. The monoisotopic (exact) mass is 287 g/mol. The van der Waals surface area contributed by atoms with Crippen molar-refractivity contribution in [3.63, 3.8) is 0 Å². The summed E-state index contributed by atoms with van der Waals surface area (Å²) in [7, 11) is -2.94. The molecule has 0 aromatic carbocycles. The summed E-state index contributed by atoms with van der Waals surface area (Å²) in [5.41, 5.74) is 2.29. The molecule has 0 spiro atoms. The van der Waals surface area contributed by atoms with Gasteiger partial charge in [-0.2, -0.15) is 5.10 Å². The van der Waals surface area contributed by atoms with E-state index in [9.17, 15) is 8.42 Å². The number of nitrogens with one attached hydrogen (secondary N) is 1. The van der Waals surface area contributed by atoms with Crippen LogP contribution in [0.4, 0.5) is 0 Å². The van der Waals surface area contributed by atoms with E-state index in [1.165, 1.54) is 0 Å². The van der Waals surface area contributed by atoms with Crippen LogP contribution in [0.3, 0.4) is 0 Å². The Morgan fingerprint density at radius 3 is 2.58 bits per heavy atom. The number of sulfone groups is 1. The minimum atomic E-state index is -2.94. The van der Waals surface area contributed by atoms with Crippen molar-refractivity contribution in [1.82, 2.24) is 15.1 Å². The molecule has 1 aromatic heterocycles. The van der Waals surface area contributed by atoms with Crippen molar-refractivity contribution in [1.29, 1.82) is 0 Å². The van der Waals surface area contributed by atoms with Crippen molar-refractivity contribution in [3.8, 4) is 0 Å². The van der Waals surface area contributed by atoms with E-state index in [-0.39, 0.29) is 11.5 Å². The van der Waals surface area contributed by atoms with Gasteiger partial charge in [0.15, 0.2) is 9.84 Å². The van der Waals surface area contributed by atoms with E-state index in [0.29, 0.717) is 12.5 Å². The molecule has 0 aliphatic rings. The quantitative estimate of drug-likeness (QED) is 0.788. The van der Waals surface area contributed by atoms with Gasteiger partial charge in [0, 0.05) is 23.6 Å². The van der Waals surface area contributed by atoms with Crippen LogP contribution in [-0.4, -0.2) is 36.2 Å². The van der Waals surface area contributed by atoms with Crippen molar-refractivity contribution >= 4 is 9.84 Å². The van der Waals surface area contributed by atoms with E-state index in [2.05, 4.69) is 31.2 Å². The molecule has 19 heavy (non-hydrogen) atoms. The molecule has 0 unspecified atom stereocenters. The minimum Gasteiger partial charge on any atom is -0.313 e. The molecule has 1 rings (SSSR count). The fraction of sp³-hybridized carbons (Fsp3) is 0.769. The van der Waals surface area contributed by atoms with Crippen LogP contribution in [0.25, 0.3) is 0 Å². The molecule has 1 heterocycles. The zero-order chi connectivity index (χ0) is 14.5. The first kappa shape index (κ1) is 16.2. The average Bonchev–Trinajstić information content (AvgIpc) is 2.77. The highest BCUT2D eigenvalue weighted by molar-refractivity contribution is 7.91. The molecule has 1 N–H and O–H groups in total. The van der Waals surface area contributed by atoms with E-state index in [0.717, 1.165) is 24.3 Å². The van der Waals surface area contributed by atoms with Gasteiger partial charge in [-0.05, 0) is 12.5 Å². The number of nitrogens with zero attached hydrogens (tertiary/aromatic N) is 2. The molecule has 0 atom stereocenters. The SMILES string of the molecule is CCNCc1cnn(CCS(=O)(=O)CC)c1C(C)C. The highest BCUT2D eigenvalue weighted by Crippen LogP contribution is 2.19. The standard InChI is InChI=1S/C13H25N3O2S/c1-5-14-9-12-10-15-16(13(12)11(3)4)7-8-19(17,18)6-2/h10-11,14H,5-9H2,1-4H3. The topological polar surface area (TPSA) is 64.0 Å². The first-order valence-electron chi connectivity index (χ1n) is 6.87. The Morgan fingerprint density at radius 1 is 1.37 bits per heavy atom. The second-order valence-corrected chi connectivity index (χ2v) is 7.42. The summed E-state index contributed by atoms with van der Waals surface area (Å²) < 4.78 is 25.0. The number of rotatable bonds is 8. The molecule has 110 valence electrons. The maximum atomic E-state index is 11.6. The van der Waals surface area contributed by atoms with Gasteiger partial charge in [0.05, 0.1) is 18.5 Å². The maximum absolute atomic E-state index is 11.6. The summed E-state index contributed by atoms with van der Waals surface area (Å²) in [6.45, 7) is 10.1. The molecular formula is C13H25N3O2S. The average molecular weight is 287 g/mol. The largest absolute Gasteiger partial charge is 0.313 e. The van der Waals surface area contributed by atoms with Gasteiger partial charge in [-0.15, -0.1) is 0 Å². The Bertz CT molecular complexity index is 492. The third-order valence-corrected chi connectivity index (χ3v) is 4.81. The van der Waals surface area contributed by atoms with Crippen molar-refractivity contribution < 1.29 is 8.42 Å². The first-order valence-corrected chi connectivity index (χ1v) is 8.69. The van der Waals surface area contributed by atoms with Crippen LogP contribution in [-0.2, 0) is 22.9 Å². The van der Waals surface area contributed by atoms with Crippen molar-refractivity contribution in [2.75, 3.05) is 18.1 Å². The predicted molar refractivity (Wildman–Crippen MR) is 78.0 cm³/mol. The number of aromatic nitrogens is 2. The van der Waals surface area contributed by atoms with E-state index >= 15 is 0 Å². The minimum absolute atomic E-state index is 0.158. The molecule has 0 amide bonds. The van der Waals surface area contributed by atoms with Crippen LogP contribution in [0.15, 0.2) is 6.20 Å². The third-order valence-electron chi connectivity index (χ3n) is 3.13. The van der Waals surface area contributed by atoms with Crippen molar-refractivity contribution in [3.05, 3.63) is 17.5 Å². The lowest BCUT2D eigenvalue weighted by molar-refractivity contribution is 0.564. The zero-order valence-corrected chi connectivity index (χ0v) is 13.1. The van der Waals surface area contributed by atoms with Crippen molar-refractivity contribution in [2.45, 2.75) is 46.7 Å². The first-order chi connectivity index (χ1) is 8.91. The van der Waals surface area contributed by atoms with Crippen LogP contribution in [0.1, 0.15) is 44.9 Å². The van der Waals surface area contributed by atoms with Gasteiger partial charge in [-0.1, -0.05) is 27.7 Å². The summed E-state index contributed by atoms with van der Waals surface area (Å²) in [4.78, 5) is 0. The fourth-order valence-electron chi connectivity index (χ4n) is 2.05. The highest BCUT2D eigenvalue weighted by Gasteiger charge is 2.16. The normalized spacial score (nSPS) is 12.3. The Morgan fingerprint density at radius 2 is 2.05 bits per heavy atom. The summed E-state index contributed by atoms with van der Waals surface area (Å²) in [5, 5.41) is 7.62. The van der Waals surface area contributed by atoms with Gasteiger partial charge in [-0.3, -0.25) is 4.68 Å². The van der Waals surface area contributed by atoms with E-state index in [4.69, 9.17) is 0 Å². The van der Waals surface area contributed by atoms with Gasteiger partial charge in [0.1, 0.15) is 0 Å². The van der Waals surface area contributed by atoms with Crippen LogP contribution in [0.5, 0.6) is 0 Å². The Labute approximate surface area is 116 Å². The molecule has 0 saturated heterocycles. The zero-order valence-electron chi connectivity index (χ0n) is 12.3. The van der Waals surface area contributed by atoms with Gasteiger partial charge in [-0.25, -0.2) is 8.42 Å². The van der Waals surface area contributed by atoms with Crippen LogP contribution in [0, 0.1) is 0 Å². The van der Waals surface area contributed by atoms with Crippen molar-refractivity contribution in [2.24, 2.45) is 0 Å². The molecule has 0 radical (unpaired) electrons. The third kappa shape index (κ3) is 4.62. The van der Waals surface area contributed by atoms with Crippen LogP contribution in [0.2, 0.25) is 0 Å². The molecule has 1 aromatic rings. The molecule has 6 heteroatoms. The number of hydrogen-bond acceptors (Lipinski definition) is 4. The maximum Gasteiger partial charge on any atom is 0.151 e. The molecule has 0 bridgehead atoms.